The Morgan fingerprint density at radius 3 is 2.20 bits per heavy atom. The van der Waals surface area contributed by atoms with E-state index in [4.69, 9.17) is 0 Å². The van der Waals surface area contributed by atoms with Gasteiger partial charge in [-0.15, -0.1) is 0 Å². The zero-order valence-corrected chi connectivity index (χ0v) is 25.5. The van der Waals surface area contributed by atoms with E-state index in [2.05, 4.69) is 21.2 Å². The van der Waals surface area contributed by atoms with Crippen LogP contribution >= 0.6 is 15.9 Å². The molecule has 10 heteroatoms. The van der Waals surface area contributed by atoms with Crippen molar-refractivity contribution < 1.29 is 22.4 Å². The van der Waals surface area contributed by atoms with E-state index in [-0.39, 0.29) is 23.4 Å². The van der Waals surface area contributed by atoms with Crippen molar-refractivity contribution in [3.05, 3.63) is 94.2 Å². The fourth-order valence-electron chi connectivity index (χ4n) is 4.14. The minimum Gasteiger partial charge on any atom is -0.352 e. The smallest absolute Gasteiger partial charge is 0.264 e. The molecule has 0 unspecified atom stereocenters. The Kier molecular flexibility index (Phi) is 10.9. The lowest BCUT2D eigenvalue weighted by Gasteiger charge is -2.33. The standard InChI is InChI=1S/C30H35BrFN3O4S/c1-5-22(4)33-30(37)28(6-2)34(19-23-12-14-25(32)15-13-23)29(36)20-35(26-9-7-8-24(31)18-26)40(38,39)27-16-10-21(3)11-17-27/h7-18,22,28H,5-6,19-20H2,1-4H3,(H,33,37)/t22-,28-/m1/s1. The van der Waals surface area contributed by atoms with E-state index in [9.17, 15) is 22.4 Å². The Morgan fingerprint density at radius 1 is 0.975 bits per heavy atom. The number of hydrogen-bond donors (Lipinski definition) is 1. The third kappa shape index (κ3) is 7.91. The number of amides is 2. The molecular formula is C30H35BrFN3O4S. The molecule has 0 saturated carbocycles. The van der Waals surface area contributed by atoms with Gasteiger partial charge in [-0.3, -0.25) is 13.9 Å². The number of halogens is 2. The van der Waals surface area contributed by atoms with Gasteiger partial charge < -0.3 is 10.2 Å². The molecule has 0 fully saturated rings. The fourth-order valence-corrected chi connectivity index (χ4v) is 5.94. The number of sulfonamides is 1. The Morgan fingerprint density at radius 2 is 1.62 bits per heavy atom. The molecule has 0 aliphatic rings. The molecule has 2 amide bonds. The Balaban J connectivity index is 2.05. The number of carbonyl (C=O) groups is 2. The molecule has 3 rings (SSSR count). The monoisotopic (exact) mass is 631 g/mol. The summed E-state index contributed by atoms with van der Waals surface area (Å²) in [5, 5.41) is 2.93. The van der Waals surface area contributed by atoms with Crippen LogP contribution in [-0.2, 0) is 26.2 Å². The van der Waals surface area contributed by atoms with Crippen LogP contribution in [0.15, 0.2) is 82.2 Å². The molecule has 0 radical (unpaired) electrons. The predicted molar refractivity (Wildman–Crippen MR) is 159 cm³/mol. The van der Waals surface area contributed by atoms with Gasteiger partial charge in [0.25, 0.3) is 10.0 Å². The highest BCUT2D eigenvalue weighted by atomic mass is 79.9. The van der Waals surface area contributed by atoms with Crippen LogP contribution in [0.3, 0.4) is 0 Å². The third-order valence-corrected chi connectivity index (χ3v) is 8.92. The van der Waals surface area contributed by atoms with E-state index in [1.807, 2.05) is 20.8 Å². The minimum absolute atomic E-state index is 0.00243. The lowest BCUT2D eigenvalue weighted by atomic mass is 10.1. The lowest BCUT2D eigenvalue weighted by molar-refractivity contribution is -0.140. The van der Waals surface area contributed by atoms with Gasteiger partial charge in [-0.2, -0.15) is 0 Å². The van der Waals surface area contributed by atoms with Crippen molar-refractivity contribution in [2.24, 2.45) is 0 Å². The summed E-state index contributed by atoms with van der Waals surface area (Å²) in [6.07, 6.45) is 1.01. The molecule has 0 aliphatic heterocycles. The SMILES string of the molecule is CC[C@@H](C)NC(=O)[C@@H](CC)N(Cc1ccc(F)cc1)C(=O)CN(c1cccc(Br)c1)S(=O)(=O)c1ccc(C)cc1. The largest absolute Gasteiger partial charge is 0.352 e. The molecule has 3 aromatic carbocycles. The topological polar surface area (TPSA) is 86.8 Å². The van der Waals surface area contributed by atoms with E-state index in [0.717, 1.165) is 9.87 Å². The van der Waals surface area contributed by atoms with Crippen molar-refractivity contribution in [2.45, 2.75) is 64.1 Å². The Labute approximate surface area is 244 Å². The van der Waals surface area contributed by atoms with Crippen molar-refractivity contribution in [3.8, 4) is 0 Å². The van der Waals surface area contributed by atoms with Gasteiger partial charge in [0, 0.05) is 17.1 Å². The van der Waals surface area contributed by atoms with Crippen molar-refractivity contribution in [1.29, 1.82) is 0 Å². The molecule has 0 aromatic heterocycles. The molecule has 0 bridgehead atoms. The second-order valence-electron chi connectivity index (χ2n) is 9.69. The maximum Gasteiger partial charge on any atom is 0.264 e. The molecule has 0 spiro atoms. The quantitative estimate of drug-likeness (QED) is 0.273. The Bertz CT molecular complexity index is 1420. The number of nitrogens with one attached hydrogen (secondary N) is 1. The van der Waals surface area contributed by atoms with E-state index < -0.39 is 34.3 Å². The summed E-state index contributed by atoms with van der Waals surface area (Å²) < 4.78 is 43.1. The van der Waals surface area contributed by atoms with Gasteiger partial charge in [-0.1, -0.05) is 65.7 Å². The molecule has 40 heavy (non-hydrogen) atoms. The summed E-state index contributed by atoms with van der Waals surface area (Å²) in [5.74, 6) is -1.32. The minimum atomic E-state index is -4.16. The number of anilines is 1. The van der Waals surface area contributed by atoms with Gasteiger partial charge in [-0.05, 0) is 74.7 Å². The average molecular weight is 633 g/mol. The van der Waals surface area contributed by atoms with Gasteiger partial charge in [0.2, 0.25) is 11.8 Å². The first-order valence-corrected chi connectivity index (χ1v) is 15.4. The molecule has 1 N–H and O–H groups in total. The van der Waals surface area contributed by atoms with Gasteiger partial charge in [0.05, 0.1) is 10.6 Å². The van der Waals surface area contributed by atoms with E-state index in [0.29, 0.717) is 28.6 Å². The molecular weight excluding hydrogens is 597 g/mol. The number of rotatable bonds is 12. The van der Waals surface area contributed by atoms with Crippen LogP contribution in [0, 0.1) is 12.7 Å². The highest BCUT2D eigenvalue weighted by Gasteiger charge is 2.34. The molecule has 0 aliphatic carbocycles. The number of aryl methyl sites for hydroxylation is 1. The van der Waals surface area contributed by atoms with E-state index in [1.165, 1.54) is 29.2 Å². The second kappa shape index (κ2) is 13.9. The van der Waals surface area contributed by atoms with Crippen LogP contribution in [0.5, 0.6) is 0 Å². The Hall–Kier alpha value is -3.24. The summed E-state index contributed by atoms with van der Waals surface area (Å²) in [5.41, 5.74) is 1.80. The number of benzene rings is 3. The molecule has 0 saturated heterocycles. The van der Waals surface area contributed by atoms with Crippen molar-refractivity contribution in [2.75, 3.05) is 10.8 Å². The van der Waals surface area contributed by atoms with Gasteiger partial charge in [0.15, 0.2) is 0 Å². The van der Waals surface area contributed by atoms with Crippen LogP contribution in [0.2, 0.25) is 0 Å². The normalized spacial score (nSPS) is 12.8. The summed E-state index contributed by atoms with van der Waals surface area (Å²) in [7, 11) is -4.16. The summed E-state index contributed by atoms with van der Waals surface area (Å²) in [6.45, 7) is 6.93. The highest BCUT2D eigenvalue weighted by Crippen LogP contribution is 2.27. The first-order chi connectivity index (χ1) is 19.0. The van der Waals surface area contributed by atoms with Crippen LogP contribution in [0.1, 0.15) is 44.7 Å². The highest BCUT2D eigenvalue weighted by molar-refractivity contribution is 9.10. The first kappa shape index (κ1) is 31.3. The number of carbonyl (C=O) groups excluding carboxylic acids is 2. The zero-order valence-electron chi connectivity index (χ0n) is 23.1. The van der Waals surface area contributed by atoms with Crippen molar-refractivity contribution in [3.63, 3.8) is 0 Å². The summed E-state index contributed by atoms with van der Waals surface area (Å²) >= 11 is 3.39. The third-order valence-electron chi connectivity index (χ3n) is 6.64. The van der Waals surface area contributed by atoms with Crippen molar-refractivity contribution >= 4 is 43.5 Å². The maximum atomic E-state index is 14.0. The van der Waals surface area contributed by atoms with Gasteiger partial charge in [0.1, 0.15) is 18.4 Å². The summed E-state index contributed by atoms with van der Waals surface area (Å²) in [6, 6.07) is 17.8. The van der Waals surface area contributed by atoms with E-state index >= 15 is 0 Å². The van der Waals surface area contributed by atoms with Crippen molar-refractivity contribution in [1.82, 2.24) is 10.2 Å². The molecule has 7 nitrogen and oxygen atoms in total. The first-order valence-electron chi connectivity index (χ1n) is 13.2. The molecule has 0 heterocycles. The predicted octanol–water partition coefficient (Wildman–Crippen LogP) is 5.81. The second-order valence-corrected chi connectivity index (χ2v) is 12.5. The van der Waals surface area contributed by atoms with E-state index in [1.54, 1.807) is 55.5 Å². The van der Waals surface area contributed by atoms with Gasteiger partial charge >= 0.3 is 0 Å². The lowest BCUT2D eigenvalue weighted by Crippen LogP contribution is -2.53. The fraction of sp³-hybridized carbons (Fsp3) is 0.333. The maximum absolute atomic E-state index is 14.0. The number of nitrogens with zero attached hydrogens (tertiary/aromatic N) is 2. The van der Waals surface area contributed by atoms with Crippen LogP contribution in [-0.4, -0.2) is 43.8 Å². The zero-order chi connectivity index (χ0) is 29.4. The van der Waals surface area contributed by atoms with Crippen LogP contribution in [0.4, 0.5) is 10.1 Å². The van der Waals surface area contributed by atoms with Crippen LogP contribution < -0.4 is 9.62 Å². The molecule has 3 aromatic rings. The molecule has 214 valence electrons. The van der Waals surface area contributed by atoms with Gasteiger partial charge in [-0.25, -0.2) is 12.8 Å². The average Bonchev–Trinajstić information content (AvgIpc) is 2.92. The summed E-state index contributed by atoms with van der Waals surface area (Å²) in [4.78, 5) is 28.7. The van der Waals surface area contributed by atoms with Crippen LogP contribution in [0.25, 0.3) is 0 Å². The molecule has 2 atom stereocenters. The number of hydrogen-bond acceptors (Lipinski definition) is 4.